The van der Waals surface area contributed by atoms with E-state index in [0.717, 1.165) is 12.8 Å². The van der Waals surface area contributed by atoms with E-state index in [9.17, 15) is 14.4 Å². The molecule has 0 aliphatic carbocycles. The van der Waals surface area contributed by atoms with Crippen molar-refractivity contribution in [3.63, 3.8) is 0 Å². The summed E-state index contributed by atoms with van der Waals surface area (Å²) in [6.07, 6.45) is 4.51. The van der Waals surface area contributed by atoms with E-state index in [1.54, 1.807) is 24.3 Å². The van der Waals surface area contributed by atoms with Crippen LogP contribution in [0.5, 0.6) is 5.75 Å². The van der Waals surface area contributed by atoms with Gasteiger partial charge in [0.15, 0.2) is 12.4 Å². The van der Waals surface area contributed by atoms with Gasteiger partial charge in [0.25, 0.3) is 0 Å². The number of hydrogen-bond acceptors (Lipinski definition) is 6. The van der Waals surface area contributed by atoms with Crippen LogP contribution in [0.3, 0.4) is 0 Å². The van der Waals surface area contributed by atoms with Gasteiger partial charge in [-0.05, 0) is 42.8 Å². The number of carbonyl (C=O) groups is 3. The maximum absolute atomic E-state index is 12.2. The molecule has 0 atom stereocenters. The van der Waals surface area contributed by atoms with Crippen LogP contribution in [0, 0.1) is 0 Å². The van der Waals surface area contributed by atoms with Crippen LogP contribution in [-0.4, -0.2) is 38.0 Å². The fraction of sp³-hybridized carbons (Fsp3) is 0.348. The van der Waals surface area contributed by atoms with Crippen molar-refractivity contribution in [2.24, 2.45) is 0 Å². The summed E-state index contributed by atoms with van der Waals surface area (Å²) in [7, 11) is 1.28. The van der Waals surface area contributed by atoms with E-state index in [1.807, 2.05) is 0 Å². The number of Topliss-reactive ketones (excluding diaryl/α,β-unsaturated/α-hetero) is 1. The van der Waals surface area contributed by atoms with E-state index in [0.29, 0.717) is 29.0 Å². The summed E-state index contributed by atoms with van der Waals surface area (Å²) in [6.45, 7) is 2.42. The van der Waals surface area contributed by atoms with Crippen molar-refractivity contribution in [2.75, 3.05) is 20.3 Å². The number of ether oxygens (including phenoxy) is 3. The third-order valence-electron chi connectivity index (χ3n) is 4.32. The van der Waals surface area contributed by atoms with E-state index in [-0.39, 0.29) is 12.4 Å². The second-order valence-corrected chi connectivity index (χ2v) is 6.50. The van der Waals surface area contributed by atoms with Gasteiger partial charge in [-0.3, -0.25) is 4.79 Å². The molecule has 0 heterocycles. The number of esters is 2. The number of methoxy groups -OCH3 is 1. The summed E-state index contributed by atoms with van der Waals surface area (Å²) in [5.74, 6) is -0.732. The maximum atomic E-state index is 12.2. The lowest BCUT2D eigenvalue weighted by Gasteiger charge is -2.08. The monoisotopic (exact) mass is 398 g/mol. The van der Waals surface area contributed by atoms with Crippen LogP contribution < -0.4 is 4.74 Å². The molecule has 0 saturated heterocycles. The number of rotatable bonds is 11. The molecule has 0 aromatic heterocycles. The van der Waals surface area contributed by atoms with Crippen molar-refractivity contribution >= 4 is 17.7 Å². The minimum absolute atomic E-state index is 0.341. The molecule has 0 amide bonds. The lowest BCUT2D eigenvalue weighted by Crippen LogP contribution is -2.14. The first-order valence-corrected chi connectivity index (χ1v) is 9.66. The Morgan fingerprint density at radius 3 is 1.97 bits per heavy atom. The Morgan fingerprint density at radius 1 is 0.759 bits per heavy atom. The van der Waals surface area contributed by atoms with Crippen molar-refractivity contribution in [1.29, 1.82) is 0 Å². The Bertz CT molecular complexity index is 808. The number of carbonyl (C=O) groups excluding carboxylic acids is 3. The van der Waals surface area contributed by atoms with Gasteiger partial charge in [-0.2, -0.15) is 0 Å². The zero-order chi connectivity index (χ0) is 21.1. The molecular weight excluding hydrogens is 372 g/mol. The molecule has 0 unspecified atom stereocenters. The molecular formula is C23H26O6. The number of benzene rings is 2. The topological polar surface area (TPSA) is 78.9 Å². The summed E-state index contributed by atoms with van der Waals surface area (Å²) in [6, 6.07) is 12.6. The summed E-state index contributed by atoms with van der Waals surface area (Å²) in [4.78, 5) is 35.7. The molecule has 2 rings (SSSR count). The summed E-state index contributed by atoms with van der Waals surface area (Å²) >= 11 is 0. The van der Waals surface area contributed by atoms with Gasteiger partial charge in [0.1, 0.15) is 5.75 Å². The van der Waals surface area contributed by atoms with Crippen LogP contribution in [0.15, 0.2) is 48.5 Å². The molecule has 0 fully saturated rings. The van der Waals surface area contributed by atoms with Crippen molar-refractivity contribution in [3.8, 4) is 5.75 Å². The van der Waals surface area contributed by atoms with Crippen LogP contribution in [0.25, 0.3) is 0 Å². The molecule has 2 aromatic rings. The Hall–Kier alpha value is -3.15. The third kappa shape index (κ3) is 7.07. The highest BCUT2D eigenvalue weighted by Gasteiger charge is 2.13. The van der Waals surface area contributed by atoms with Crippen LogP contribution in [0.2, 0.25) is 0 Å². The van der Waals surface area contributed by atoms with Crippen molar-refractivity contribution in [3.05, 3.63) is 65.2 Å². The Labute approximate surface area is 170 Å². The molecule has 6 nitrogen and oxygen atoms in total. The van der Waals surface area contributed by atoms with E-state index >= 15 is 0 Å². The molecule has 2 aromatic carbocycles. The third-order valence-corrected chi connectivity index (χ3v) is 4.32. The van der Waals surface area contributed by atoms with Crippen LogP contribution in [0.4, 0.5) is 0 Å². The second kappa shape index (κ2) is 11.6. The van der Waals surface area contributed by atoms with Crippen molar-refractivity contribution in [1.82, 2.24) is 0 Å². The summed E-state index contributed by atoms with van der Waals surface area (Å²) in [5.41, 5.74) is 1.03. The Morgan fingerprint density at radius 2 is 1.34 bits per heavy atom. The predicted octanol–water partition coefficient (Wildman–Crippen LogP) is 4.47. The highest BCUT2D eigenvalue weighted by atomic mass is 16.5. The van der Waals surface area contributed by atoms with E-state index < -0.39 is 11.9 Å². The smallest absolute Gasteiger partial charge is 0.338 e. The standard InChI is InChI=1S/C23H26O6/c1-3-4-5-6-15-28-20-13-11-19(12-14-20)23(26)29-16-21(24)17-7-9-18(10-8-17)22(25)27-2/h7-14H,3-6,15-16H2,1-2H3. The summed E-state index contributed by atoms with van der Waals surface area (Å²) < 4.78 is 15.3. The lowest BCUT2D eigenvalue weighted by molar-refractivity contribution is 0.0474. The van der Waals surface area contributed by atoms with Gasteiger partial charge in [0.2, 0.25) is 0 Å². The largest absolute Gasteiger partial charge is 0.494 e. The fourth-order valence-corrected chi connectivity index (χ4v) is 2.61. The SMILES string of the molecule is CCCCCCOc1ccc(C(=O)OCC(=O)c2ccc(C(=O)OC)cc2)cc1. The van der Waals surface area contributed by atoms with Gasteiger partial charge < -0.3 is 14.2 Å². The zero-order valence-electron chi connectivity index (χ0n) is 16.8. The average molecular weight is 398 g/mol. The van der Waals surface area contributed by atoms with Gasteiger partial charge in [-0.1, -0.05) is 38.3 Å². The lowest BCUT2D eigenvalue weighted by atomic mass is 10.1. The minimum atomic E-state index is -0.584. The van der Waals surface area contributed by atoms with E-state index in [4.69, 9.17) is 9.47 Å². The molecule has 0 radical (unpaired) electrons. The molecule has 0 aliphatic heterocycles. The molecule has 0 bridgehead atoms. The van der Waals surface area contributed by atoms with Crippen molar-refractivity contribution < 1.29 is 28.6 Å². The first-order chi connectivity index (χ1) is 14.0. The Kier molecular flexibility index (Phi) is 8.89. The number of unbranched alkanes of at least 4 members (excludes halogenated alkanes) is 3. The number of hydrogen-bond donors (Lipinski definition) is 0. The first kappa shape index (κ1) is 22.1. The molecule has 0 spiro atoms. The number of ketones is 1. The van der Waals surface area contributed by atoms with Gasteiger partial charge in [-0.15, -0.1) is 0 Å². The molecule has 29 heavy (non-hydrogen) atoms. The van der Waals surface area contributed by atoms with E-state index in [2.05, 4.69) is 11.7 Å². The van der Waals surface area contributed by atoms with Gasteiger partial charge >= 0.3 is 11.9 Å². The molecule has 0 N–H and O–H groups in total. The molecule has 6 heteroatoms. The Balaban J connectivity index is 1.80. The second-order valence-electron chi connectivity index (χ2n) is 6.50. The highest BCUT2D eigenvalue weighted by molar-refractivity contribution is 6.00. The quantitative estimate of drug-likeness (QED) is 0.316. The average Bonchev–Trinajstić information content (AvgIpc) is 2.77. The van der Waals surface area contributed by atoms with E-state index in [1.165, 1.54) is 44.2 Å². The zero-order valence-corrected chi connectivity index (χ0v) is 16.8. The minimum Gasteiger partial charge on any atom is -0.494 e. The maximum Gasteiger partial charge on any atom is 0.338 e. The highest BCUT2D eigenvalue weighted by Crippen LogP contribution is 2.14. The van der Waals surface area contributed by atoms with Crippen molar-refractivity contribution in [2.45, 2.75) is 32.6 Å². The van der Waals surface area contributed by atoms with Crippen LogP contribution >= 0.6 is 0 Å². The van der Waals surface area contributed by atoms with Crippen LogP contribution in [-0.2, 0) is 9.47 Å². The normalized spacial score (nSPS) is 10.3. The molecule has 0 saturated carbocycles. The van der Waals surface area contributed by atoms with Crippen LogP contribution in [0.1, 0.15) is 63.7 Å². The first-order valence-electron chi connectivity index (χ1n) is 9.66. The van der Waals surface area contributed by atoms with Gasteiger partial charge in [0, 0.05) is 5.56 Å². The van der Waals surface area contributed by atoms with Gasteiger partial charge in [0.05, 0.1) is 24.8 Å². The predicted molar refractivity (Wildman–Crippen MR) is 108 cm³/mol. The van der Waals surface area contributed by atoms with Gasteiger partial charge in [-0.25, -0.2) is 9.59 Å². The fourth-order valence-electron chi connectivity index (χ4n) is 2.61. The molecule has 0 aliphatic rings. The molecule has 154 valence electrons. The summed E-state index contributed by atoms with van der Waals surface area (Å²) in [5, 5.41) is 0.